The van der Waals surface area contributed by atoms with E-state index < -0.39 is 21.7 Å². The van der Waals surface area contributed by atoms with Gasteiger partial charge >= 0.3 is 0 Å². The minimum absolute atomic E-state index is 0.0641. The van der Waals surface area contributed by atoms with Crippen molar-refractivity contribution in [3.05, 3.63) is 53.3 Å². The molecule has 0 spiro atoms. The van der Waals surface area contributed by atoms with E-state index in [4.69, 9.17) is 5.73 Å². The second-order valence-corrected chi connectivity index (χ2v) is 8.45. The Morgan fingerprint density at radius 1 is 1.15 bits per heavy atom. The lowest BCUT2D eigenvalue weighted by atomic mass is 10.1. The number of hydrogen-bond acceptors (Lipinski definition) is 4. The highest BCUT2D eigenvalue weighted by Crippen LogP contribution is 2.24. The van der Waals surface area contributed by atoms with E-state index in [1.165, 1.54) is 24.3 Å². The zero-order valence-corrected chi connectivity index (χ0v) is 15.8. The fourth-order valence-corrected chi connectivity index (χ4v) is 4.76. The highest BCUT2D eigenvalue weighted by molar-refractivity contribution is 7.89. The minimum atomic E-state index is -3.73. The molecule has 1 aliphatic carbocycles. The maximum Gasteiger partial charge on any atom is 0.255 e. The Balaban J connectivity index is 1.85. The first-order valence-corrected chi connectivity index (χ1v) is 10.2. The standard InChI is InChI=1S/C19H22FN3O3S/c1-12-6-7-13(19(24)22-17-11-14(20)8-9-16(17)21)10-18(12)27(25,26)23-15-4-2-3-5-15/h6-11,15,23H,2-5,21H2,1H3,(H,22,24). The van der Waals surface area contributed by atoms with Crippen LogP contribution in [0, 0.1) is 12.7 Å². The van der Waals surface area contributed by atoms with Gasteiger partial charge in [0.15, 0.2) is 0 Å². The number of carbonyl (C=O) groups excluding carboxylic acids is 1. The first kappa shape index (κ1) is 19.3. The fraction of sp³-hybridized carbons (Fsp3) is 0.316. The van der Waals surface area contributed by atoms with Crippen LogP contribution in [0.1, 0.15) is 41.6 Å². The molecule has 0 aliphatic heterocycles. The molecule has 1 aliphatic rings. The lowest BCUT2D eigenvalue weighted by Gasteiger charge is -2.15. The Bertz CT molecular complexity index is 970. The van der Waals surface area contributed by atoms with Crippen molar-refractivity contribution < 1.29 is 17.6 Å². The number of benzene rings is 2. The van der Waals surface area contributed by atoms with Gasteiger partial charge in [-0.3, -0.25) is 4.79 Å². The predicted octanol–water partition coefficient (Wildman–Crippen LogP) is 3.19. The van der Waals surface area contributed by atoms with Crippen LogP contribution in [0.3, 0.4) is 0 Å². The number of anilines is 2. The van der Waals surface area contributed by atoms with Crippen molar-refractivity contribution in [1.29, 1.82) is 0 Å². The predicted molar refractivity (Wildman–Crippen MR) is 103 cm³/mol. The average Bonchev–Trinajstić information content (AvgIpc) is 3.10. The van der Waals surface area contributed by atoms with Crippen LogP contribution in [0.4, 0.5) is 15.8 Å². The number of rotatable bonds is 5. The summed E-state index contributed by atoms with van der Waals surface area (Å²) in [7, 11) is -3.73. The van der Waals surface area contributed by atoms with Crippen molar-refractivity contribution in [1.82, 2.24) is 4.72 Å². The van der Waals surface area contributed by atoms with E-state index in [-0.39, 0.29) is 27.9 Å². The summed E-state index contributed by atoms with van der Waals surface area (Å²) in [5.74, 6) is -1.10. The number of hydrogen-bond donors (Lipinski definition) is 3. The fourth-order valence-electron chi connectivity index (χ4n) is 3.19. The van der Waals surface area contributed by atoms with Gasteiger partial charge in [0.2, 0.25) is 10.0 Å². The van der Waals surface area contributed by atoms with Gasteiger partial charge in [0.05, 0.1) is 16.3 Å². The van der Waals surface area contributed by atoms with Gasteiger partial charge in [0.25, 0.3) is 5.91 Å². The van der Waals surface area contributed by atoms with E-state index in [2.05, 4.69) is 10.0 Å². The lowest BCUT2D eigenvalue weighted by molar-refractivity contribution is 0.102. The molecule has 0 heterocycles. The van der Waals surface area contributed by atoms with Gasteiger partial charge in [-0.2, -0.15) is 0 Å². The number of nitrogens with one attached hydrogen (secondary N) is 2. The number of sulfonamides is 1. The third-order valence-corrected chi connectivity index (χ3v) is 6.34. The Morgan fingerprint density at radius 2 is 1.85 bits per heavy atom. The molecule has 6 nitrogen and oxygen atoms in total. The zero-order valence-electron chi connectivity index (χ0n) is 15.0. The summed E-state index contributed by atoms with van der Waals surface area (Å²) in [5, 5.41) is 2.52. The van der Waals surface area contributed by atoms with E-state index in [0.717, 1.165) is 31.7 Å². The maximum absolute atomic E-state index is 13.4. The molecule has 144 valence electrons. The molecule has 3 rings (SSSR count). The molecule has 1 fully saturated rings. The average molecular weight is 391 g/mol. The van der Waals surface area contributed by atoms with E-state index in [1.807, 2.05) is 0 Å². The molecule has 0 bridgehead atoms. The quantitative estimate of drug-likeness (QED) is 0.681. The summed E-state index contributed by atoms with van der Waals surface area (Å²) < 4.78 is 41.5. The number of carbonyl (C=O) groups is 1. The van der Waals surface area contributed by atoms with Crippen molar-refractivity contribution in [2.24, 2.45) is 0 Å². The summed E-state index contributed by atoms with van der Waals surface area (Å²) in [4.78, 5) is 12.6. The molecule has 4 N–H and O–H groups in total. The van der Waals surface area contributed by atoms with Gasteiger partial charge in [-0.1, -0.05) is 18.9 Å². The second kappa shape index (κ2) is 7.66. The number of amides is 1. The van der Waals surface area contributed by atoms with Crippen LogP contribution in [0.5, 0.6) is 0 Å². The number of nitrogen functional groups attached to an aromatic ring is 1. The van der Waals surface area contributed by atoms with Gasteiger partial charge in [0, 0.05) is 11.6 Å². The second-order valence-electron chi connectivity index (χ2n) is 6.77. The van der Waals surface area contributed by atoms with Crippen LogP contribution >= 0.6 is 0 Å². The van der Waals surface area contributed by atoms with Crippen LogP contribution < -0.4 is 15.8 Å². The van der Waals surface area contributed by atoms with E-state index in [0.29, 0.717) is 5.56 Å². The van der Waals surface area contributed by atoms with Crippen LogP contribution in [0.25, 0.3) is 0 Å². The highest BCUT2D eigenvalue weighted by atomic mass is 32.2. The van der Waals surface area contributed by atoms with Crippen LogP contribution in [0.2, 0.25) is 0 Å². The summed E-state index contributed by atoms with van der Waals surface area (Å²) in [6, 6.07) is 8.01. The van der Waals surface area contributed by atoms with Crippen LogP contribution in [-0.4, -0.2) is 20.4 Å². The smallest absolute Gasteiger partial charge is 0.255 e. The molecule has 2 aromatic rings. The Kier molecular flexibility index (Phi) is 5.48. The topological polar surface area (TPSA) is 101 Å². The van der Waals surface area contributed by atoms with Crippen molar-refractivity contribution in [3.63, 3.8) is 0 Å². The molecule has 1 saturated carbocycles. The van der Waals surface area contributed by atoms with Crippen LogP contribution in [0.15, 0.2) is 41.3 Å². The number of nitrogens with two attached hydrogens (primary N) is 1. The monoisotopic (exact) mass is 391 g/mol. The third-order valence-electron chi connectivity index (χ3n) is 4.68. The van der Waals surface area contributed by atoms with E-state index in [1.54, 1.807) is 13.0 Å². The SMILES string of the molecule is Cc1ccc(C(=O)Nc2cc(F)ccc2N)cc1S(=O)(=O)NC1CCCC1. The third kappa shape index (κ3) is 4.45. The minimum Gasteiger partial charge on any atom is -0.397 e. The summed E-state index contributed by atoms with van der Waals surface area (Å²) in [6.45, 7) is 1.68. The summed E-state index contributed by atoms with van der Waals surface area (Å²) >= 11 is 0. The molecule has 0 unspecified atom stereocenters. The summed E-state index contributed by atoms with van der Waals surface area (Å²) in [5.41, 5.74) is 6.78. The Morgan fingerprint density at radius 3 is 2.56 bits per heavy atom. The summed E-state index contributed by atoms with van der Waals surface area (Å²) in [6.07, 6.45) is 3.64. The Hall–Kier alpha value is -2.45. The van der Waals surface area contributed by atoms with Crippen molar-refractivity contribution in [2.45, 2.75) is 43.5 Å². The van der Waals surface area contributed by atoms with E-state index in [9.17, 15) is 17.6 Å². The maximum atomic E-state index is 13.4. The molecule has 0 aromatic heterocycles. The zero-order chi connectivity index (χ0) is 19.6. The normalized spacial score (nSPS) is 15.0. The van der Waals surface area contributed by atoms with Gasteiger partial charge < -0.3 is 11.1 Å². The first-order valence-electron chi connectivity index (χ1n) is 8.75. The molecule has 0 saturated heterocycles. The molecular formula is C19H22FN3O3S. The van der Waals surface area contributed by atoms with Gasteiger partial charge in [-0.05, 0) is 55.7 Å². The molecule has 1 amide bonds. The molecule has 8 heteroatoms. The molecule has 0 atom stereocenters. The van der Waals surface area contributed by atoms with E-state index >= 15 is 0 Å². The Labute approximate surface area is 158 Å². The molecular weight excluding hydrogens is 369 g/mol. The molecule has 2 aromatic carbocycles. The number of halogens is 1. The highest BCUT2D eigenvalue weighted by Gasteiger charge is 2.25. The van der Waals surface area contributed by atoms with Gasteiger partial charge in [-0.25, -0.2) is 17.5 Å². The lowest BCUT2D eigenvalue weighted by Crippen LogP contribution is -2.33. The molecule has 0 radical (unpaired) electrons. The van der Waals surface area contributed by atoms with Crippen molar-refractivity contribution >= 4 is 27.3 Å². The van der Waals surface area contributed by atoms with Crippen LogP contribution in [-0.2, 0) is 10.0 Å². The van der Waals surface area contributed by atoms with Crippen molar-refractivity contribution in [2.75, 3.05) is 11.1 Å². The first-order chi connectivity index (χ1) is 12.8. The van der Waals surface area contributed by atoms with Gasteiger partial charge in [0.1, 0.15) is 5.82 Å². The largest absolute Gasteiger partial charge is 0.397 e. The molecule has 27 heavy (non-hydrogen) atoms. The van der Waals surface area contributed by atoms with Gasteiger partial charge in [-0.15, -0.1) is 0 Å². The number of aryl methyl sites for hydroxylation is 1. The van der Waals surface area contributed by atoms with Crippen molar-refractivity contribution in [3.8, 4) is 0 Å².